The summed E-state index contributed by atoms with van der Waals surface area (Å²) in [7, 11) is 0.260. The van der Waals surface area contributed by atoms with Crippen molar-refractivity contribution < 1.29 is 42.0 Å². The van der Waals surface area contributed by atoms with Crippen LogP contribution in [0.5, 0.6) is 0 Å². The smallest absolute Gasteiger partial charge is 0.474 e. The number of aryl methyl sites for hydroxylation is 1. The number of carboxylic acids is 1. The van der Waals surface area contributed by atoms with Crippen molar-refractivity contribution in [3.8, 4) is 11.1 Å². The number of anilines is 2. The summed E-state index contributed by atoms with van der Waals surface area (Å²) in [5.41, 5.74) is 1.14. The maximum atomic E-state index is 15.8. The third-order valence-corrected chi connectivity index (χ3v) is 9.84. The van der Waals surface area contributed by atoms with Crippen LogP contribution in [-0.4, -0.2) is 86.3 Å². The number of aromatic nitrogens is 4. The maximum absolute atomic E-state index is 15.8. The van der Waals surface area contributed by atoms with E-state index < -0.39 is 36.4 Å². The van der Waals surface area contributed by atoms with Crippen molar-refractivity contribution in [2.24, 2.45) is 13.0 Å². The molecule has 5 aromatic rings. The van der Waals surface area contributed by atoms with Gasteiger partial charge in [-0.15, -0.1) is 0 Å². The molecule has 246 valence electrons. The molecule has 0 spiro atoms. The zero-order valence-electron chi connectivity index (χ0n) is 25.5. The Morgan fingerprint density at radius 3 is 2.70 bits per heavy atom. The van der Waals surface area contributed by atoms with Gasteiger partial charge in [-0.05, 0) is 12.5 Å². The van der Waals surface area contributed by atoms with E-state index in [1.165, 1.54) is 16.8 Å². The number of aromatic carboxylic acids is 1. The average molecular weight is 670 g/mol. The number of pyridine rings is 3. The highest BCUT2D eigenvalue weighted by Gasteiger charge is 2.50. The number of likely N-dealkylation sites (tertiary alicyclic amines) is 1. The zero-order chi connectivity index (χ0) is 33.6. The first-order valence-electron chi connectivity index (χ1n) is 14.7. The predicted molar refractivity (Wildman–Crippen MR) is 167 cm³/mol. The molecule has 2 aliphatic heterocycles. The van der Waals surface area contributed by atoms with Crippen LogP contribution < -0.4 is 20.8 Å². The van der Waals surface area contributed by atoms with Gasteiger partial charge < -0.3 is 43.9 Å². The average Bonchev–Trinajstić information content (AvgIpc) is 3.69. The molecular formula is C30H30F2N7O7P. The second-order valence-corrected chi connectivity index (χ2v) is 13.7. The lowest BCUT2D eigenvalue weighted by atomic mass is 9.99. The number of likely N-dealkylation sites (N-methyl/N-ethyl adjacent to an activating group) is 1. The number of rotatable bonds is 7. The van der Waals surface area contributed by atoms with Gasteiger partial charge in [-0.3, -0.25) is 4.79 Å². The van der Waals surface area contributed by atoms with E-state index in [9.17, 15) is 29.0 Å². The first-order valence-corrected chi connectivity index (χ1v) is 16.2. The Kier molecular flexibility index (Phi) is 7.15. The van der Waals surface area contributed by atoms with Gasteiger partial charge in [-0.25, -0.2) is 27.8 Å². The number of nitrogens with zero attached hydrogens (tertiary/aromatic N) is 5. The summed E-state index contributed by atoms with van der Waals surface area (Å²) in [5, 5.41) is 14.9. The number of H-pyrrole nitrogens is 1. The van der Waals surface area contributed by atoms with Gasteiger partial charge in [0, 0.05) is 62.3 Å². The second kappa shape index (κ2) is 10.8. The predicted octanol–water partition coefficient (Wildman–Crippen LogP) is 2.04. The third-order valence-electron chi connectivity index (χ3n) is 9.39. The van der Waals surface area contributed by atoms with E-state index in [4.69, 9.17) is 4.52 Å². The summed E-state index contributed by atoms with van der Waals surface area (Å²) in [6, 6.07) is 2.36. The highest BCUT2D eigenvalue weighted by Crippen LogP contribution is 2.48. The van der Waals surface area contributed by atoms with Crippen molar-refractivity contribution in [1.29, 1.82) is 0 Å². The Labute approximate surface area is 265 Å². The van der Waals surface area contributed by atoms with Gasteiger partial charge in [0.25, 0.3) is 0 Å². The van der Waals surface area contributed by atoms with Crippen molar-refractivity contribution in [2.75, 3.05) is 50.7 Å². The topological polar surface area (TPSA) is 186 Å². The van der Waals surface area contributed by atoms with Crippen molar-refractivity contribution in [1.82, 2.24) is 19.5 Å². The number of hydrogen-bond acceptors (Lipinski definition) is 9. The van der Waals surface area contributed by atoms with Crippen LogP contribution in [0.25, 0.3) is 44.1 Å². The van der Waals surface area contributed by atoms with Crippen molar-refractivity contribution >= 4 is 58.1 Å². The second-order valence-electron chi connectivity index (χ2n) is 12.5. The summed E-state index contributed by atoms with van der Waals surface area (Å²) < 4.78 is 48.9. The molecule has 17 heteroatoms. The van der Waals surface area contributed by atoms with Crippen LogP contribution in [0.1, 0.15) is 16.8 Å². The van der Waals surface area contributed by atoms with Gasteiger partial charge >= 0.3 is 7.82 Å². The Balaban J connectivity index is 1.49. The number of quaternary nitrogens is 1. The molecule has 0 bridgehead atoms. The first kappa shape index (κ1) is 31.1. The summed E-state index contributed by atoms with van der Waals surface area (Å²) in [6.45, 7) is 1.28. The SMILES string of the molecule is CNc1cc(F)c(F)c2c1[nH]c1ncc(-c3cnc4c(c3)c(=O)c(C(=O)[O-])cn4C)c(N3CC[C@@H]4C[N+](C)(COP(=O)(O)O)C[C@@H]43)c12. The quantitative estimate of drug-likeness (QED) is 0.147. The van der Waals surface area contributed by atoms with Crippen molar-refractivity contribution in [3.63, 3.8) is 0 Å². The van der Waals surface area contributed by atoms with E-state index in [2.05, 4.69) is 25.2 Å². The fourth-order valence-corrected chi connectivity index (χ4v) is 7.80. The van der Waals surface area contributed by atoms with Crippen LogP contribution in [0.15, 0.2) is 35.5 Å². The van der Waals surface area contributed by atoms with E-state index in [1.807, 2.05) is 7.05 Å². The molecule has 2 aliphatic rings. The molecule has 1 unspecified atom stereocenters. The number of benzene rings is 1. The minimum Gasteiger partial charge on any atom is -0.545 e. The monoisotopic (exact) mass is 669 g/mol. The third kappa shape index (κ3) is 5.03. The normalized spacial score (nSPS) is 21.3. The Morgan fingerprint density at radius 2 is 2.00 bits per heavy atom. The van der Waals surface area contributed by atoms with E-state index in [0.29, 0.717) is 59.5 Å². The number of aromatic amines is 1. The van der Waals surface area contributed by atoms with Crippen molar-refractivity contribution in [2.45, 2.75) is 12.5 Å². The lowest BCUT2D eigenvalue weighted by Crippen LogP contribution is -2.46. The van der Waals surface area contributed by atoms with E-state index in [0.717, 1.165) is 12.3 Å². The molecule has 4 aromatic heterocycles. The molecule has 1 aromatic carbocycles. The van der Waals surface area contributed by atoms with Crippen molar-refractivity contribution in [3.05, 3.63) is 58.1 Å². The van der Waals surface area contributed by atoms with Gasteiger partial charge in [0.2, 0.25) is 0 Å². The number of halogens is 2. The van der Waals surface area contributed by atoms with E-state index in [-0.39, 0.29) is 45.2 Å². The number of carbonyl (C=O) groups excluding carboxylic acids is 1. The Morgan fingerprint density at radius 1 is 1.23 bits per heavy atom. The molecule has 4 N–H and O–H groups in total. The number of hydrogen-bond donors (Lipinski definition) is 4. The minimum atomic E-state index is -4.72. The van der Waals surface area contributed by atoms with Crippen LogP contribution in [0.3, 0.4) is 0 Å². The summed E-state index contributed by atoms with van der Waals surface area (Å²) in [4.78, 5) is 57.9. The standard InChI is InChI=1S/C30H30F2N7O7P/c1-33-20-7-19(31)24(32)22-23-26(38-5-4-14-11-39(3,12-21(14)38)13-46-47(43,44)45)17(9-34-28(23)36-25(20)22)15-6-16-27(40)18(30(41)42)10-37(2)29(16)35-8-15/h6-10,14,21,33H,4-5,11-13H2,1-3H3,(H3-,34,36,41,42,43,44,45)/t14-,21+,39?/m1/s1. The molecule has 3 atom stereocenters. The number of carbonyl (C=O) groups is 1. The number of carboxylic acid groups (broad SMARTS) is 1. The number of fused-ring (bicyclic) bond motifs is 5. The summed E-state index contributed by atoms with van der Waals surface area (Å²) in [6.07, 6.45) is 4.89. The number of phosphoric acid groups is 1. The van der Waals surface area contributed by atoms with E-state index >= 15 is 8.78 Å². The number of nitrogens with one attached hydrogen (secondary N) is 2. The molecular weight excluding hydrogens is 639 g/mol. The Hall–Kier alpha value is -4.47. The molecule has 7 rings (SSSR count). The number of phosphoric ester groups is 1. The molecule has 2 saturated heterocycles. The minimum absolute atomic E-state index is 0.0189. The fraction of sp³-hybridized carbons (Fsp3) is 0.333. The van der Waals surface area contributed by atoms with Crippen LogP contribution in [0.2, 0.25) is 0 Å². The van der Waals surface area contributed by atoms with Gasteiger partial charge in [-0.1, -0.05) is 0 Å². The van der Waals surface area contributed by atoms with E-state index in [1.54, 1.807) is 20.3 Å². The molecule has 0 radical (unpaired) electrons. The largest absolute Gasteiger partial charge is 0.545 e. The molecule has 2 fully saturated rings. The highest BCUT2D eigenvalue weighted by atomic mass is 31.2. The molecule has 0 amide bonds. The molecule has 6 heterocycles. The molecule has 0 saturated carbocycles. The Bertz CT molecular complexity index is 2250. The molecule has 47 heavy (non-hydrogen) atoms. The van der Waals surface area contributed by atoms with Gasteiger partial charge in [0.05, 0.1) is 64.2 Å². The molecule has 0 aliphatic carbocycles. The molecule has 14 nitrogen and oxygen atoms in total. The lowest BCUT2D eigenvalue weighted by Gasteiger charge is -2.33. The van der Waals surface area contributed by atoms with Crippen LogP contribution in [0.4, 0.5) is 20.2 Å². The summed E-state index contributed by atoms with van der Waals surface area (Å²) >= 11 is 0. The lowest BCUT2D eigenvalue weighted by molar-refractivity contribution is -0.915. The summed E-state index contributed by atoms with van der Waals surface area (Å²) in [5.74, 6) is -3.70. The van der Waals surface area contributed by atoms with Crippen LogP contribution in [0, 0.1) is 17.6 Å². The fourth-order valence-electron chi connectivity index (χ4n) is 7.37. The van der Waals surface area contributed by atoms with Gasteiger partial charge in [-0.2, -0.15) is 0 Å². The zero-order valence-corrected chi connectivity index (χ0v) is 26.3. The first-order chi connectivity index (χ1) is 22.2. The van der Waals surface area contributed by atoms with Crippen LogP contribution in [-0.2, 0) is 16.1 Å². The highest BCUT2D eigenvalue weighted by molar-refractivity contribution is 7.46. The van der Waals surface area contributed by atoms with Gasteiger partial charge in [0.15, 0.2) is 23.8 Å². The van der Waals surface area contributed by atoms with Crippen LogP contribution >= 0.6 is 7.82 Å². The maximum Gasteiger partial charge on any atom is 0.474 e. The van der Waals surface area contributed by atoms with Gasteiger partial charge in [0.1, 0.15) is 17.8 Å².